The number of rotatable bonds is 3. The first kappa shape index (κ1) is 12.0. The highest BCUT2D eigenvalue weighted by Gasteiger charge is 2.33. The fourth-order valence-corrected chi connectivity index (χ4v) is 2.31. The summed E-state index contributed by atoms with van der Waals surface area (Å²) in [6.07, 6.45) is 5.50. The lowest BCUT2D eigenvalue weighted by atomic mass is 9.86. The van der Waals surface area contributed by atoms with Gasteiger partial charge in [-0.2, -0.15) is 0 Å². The van der Waals surface area contributed by atoms with Crippen LogP contribution in [0.1, 0.15) is 46.5 Å². The lowest BCUT2D eigenvalue weighted by Gasteiger charge is -2.43. The van der Waals surface area contributed by atoms with Crippen molar-refractivity contribution in [2.75, 3.05) is 19.6 Å². The summed E-state index contributed by atoms with van der Waals surface area (Å²) in [5, 5.41) is 0. The topological polar surface area (TPSA) is 29.3 Å². The van der Waals surface area contributed by atoms with Gasteiger partial charge in [0.15, 0.2) is 0 Å². The van der Waals surface area contributed by atoms with E-state index in [0.717, 1.165) is 6.54 Å². The van der Waals surface area contributed by atoms with Crippen molar-refractivity contribution in [2.24, 2.45) is 11.7 Å². The quantitative estimate of drug-likeness (QED) is 0.753. The van der Waals surface area contributed by atoms with Crippen molar-refractivity contribution < 1.29 is 0 Å². The van der Waals surface area contributed by atoms with E-state index < -0.39 is 0 Å². The molecule has 1 saturated heterocycles. The van der Waals surface area contributed by atoms with E-state index in [0.29, 0.717) is 5.92 Å². The Morgan fingerprint density at radius 1 is 1.14 bits per heavy atom. The molecule has 0 aromatic rings. The van der Waals surface area contributed by atoms with Crippen molar-refractivity contribution in [3.8, 4) is 0 Å². The molecule has 0 aromatic heterocycles. The normalized spacial score (nSPS) is 24.6. The first-order valence-electron chi connectivity index (χ1n) is 6.06. The minimum Gasteiger partial charge on any atom is -0.329 e. The van der Waals surface area contributed by atoms with Crippen molar-refractivity contribution in [1.82, 2.24) is 4.90 Å². The van der Waals surface area contributed by atoms with E-state index in [1.807, 2.05) is 0 Å². The van der Waals surface area contributed by atoms with Gasteiger partial charge in [-0.3, -0.25) is 4.90 Å². The van der Waals surface area contributed by atoms with Crippen LogP contribution in [0.5, 0.6) is 0 Å². The van der Waals surface area contributed by atoms with Crippen LogP contribution in [0.15, 0.2) is 0 Å². The first-order chi connectivity index (χ1) is 6.61. The van der Waals surface area contributed by atoms with Crippen LogP contribution in [0, 0.1) is 5.92 Å². The molecule has 1 atom stereocenters. The van der Waals surface area contributed by atoms with E-state index in [1.165, 1.54) is 38.8 Å². The highest BCUT2D eigenvalue weighted by atomic mass is 15.2. The Labute approximate surface area is 88.8 Å². The molecule has 2 heteroatoms. The maximum absolute atomic E-state index is 5.95. The predicted molar refractivity (Wildman–Crippen MR) is 62.3 cm³/mol. The van der Waals surface area contributed by atoms with Crippen LogP contribution in [-0.4, -0.2) is 30.1 Å². The Kier molecular flexibility index (Phi) is 4.39. The van der Waals surface area contributed by atoms with E-state index >= 15 is 0 Å². The molecule has 0 aliphatic carbocycles. The molecule has 0 radical (unpaired) electrons. The maximum atomic E-state index is 5.95. The first-order valence-corrected chi connectivity index (χ1v) is 6.06. The Hall–Kier alpha value is -0.0800. The molecule has 1 fully saturated rings. The average Bonchev–Trinajstić information content (AvgIpc) is 2.44. The molecule has 0 spiro atoms. The van der Waals surface area contributed by atoms with Crippen LogP contribution in [0.2, 0.25) is 0 Å². The second-order valence-corrected chi connectivity index (χ2v) is 5.12. The predicted octanol–water partition coefficient (Wildman–Crippen LogP) is 2.24. The van der Waals surface area contributed by atoms with Crippen LogP contribution in [-0.2, 0) is 0 Å². The van der Waals surface area contributed by atoms with E-state index in [2.05, 4.69) is 25.7 Å². The highest BCUT2D eigenvalue weighted by Crippen LogP contribution is 2.26. The van der Waals surface area contributed by atoms with Gasteiger partial charge in [0.25, 0.3) is 0 Å². The fraction of sp³-hybridized carbons (Fsp3) is 1.00. The van der Waals surface area contributed by atoms with Gasteiger partial charge in [0.05, 0.1) is 0 Å². The Bertz CT molecular complexity index is 160. The zero-order chi connectivity index (χ0) is 10.6. The Morgan fingerprint density at radius 2 is 1.64 bits per heavy atom. The summed E-state index contributed by atoms with van der Waals surface area (Å²) in [5.41, 5.74) is 6.16. The second kappa shape index (κ2) is 5.13. The summed E-state index contributed by atoms with van der Waals surface area (Å²) in [6, 6.07) is 0. The van der Waals surface area contributed by atoms with Gasteiger partial charge in [0.1, 0.15) is 0 Å². The molecule has 0 bridgehead atoms. The highest BCUT2D eigenvalue weighted by molar-refractivity contribution is 4.90. The summed E-state index contributed by atoms with van der Waals surface area (Å²) in [7, 11) is 0. The van der Waals surface area contributed by atoms with Gasteiger partial charge < -0.3 is 5.73 Å². The van der Waals surface area contributed by atoms with Gasteiger partial charge in [-0.05, 0) is 38.8 Å². The number of hydrogen-bond donors (Lipinski definition) is 1. The van der Waals surface area contributed by atoms with Gasteiger partial charge >= 0.3 is 0 Å². The summed E-state index contributed by atoms with van der Waals surface area (Å²) in [6.45, 7) is 10.2. The van der Waals surface area contributed by atoms with Crippen molar-refractivity contribution in [2.45, 2.75) is 52.0 Å². The van der Waals surface area contributed by atoms with Crippen LogP contribution in [0.25, 0.3) is 0 Å². The molecular formula is C12H26N2. The summed E-state index contributed by atoms with van der Waals surface area (Å²) in [4.78, 5) is 2.62. The summed E-state index contributed by atoms with van der Waals surface area (Å²) >= 11 is 0. The zero-order valence-electron chi connectivity index (χ0n) is 10.1. The van der Waals surface area contributed by atoms with Crippen LogP contribution >= 0.6 is 0 Å². The lowest BCUT2D eigenvalue weighted by Crippen LogP contribution is -2.55. The van der Waals surface area contributed by atoms with Gasteiger partial charge in [0.2, 0.25) is 0 Å². The van der Waals surface area contributed by atoms with Crippen molar-refractivity contribution >= 4 is 0 Å². The van der Waals surface area contributed by atoms with Crippen LogP contribution in [0.3, 0.4) is 0 Å². The summed E-state index contributed by atoms with van der Waals surface area (Å²) in [5.74, 6) is 0.644. The smallest absolute Gasteiger partial charge is 0.0326 e. The number of hydrogen-bond acceptors (Lipinski definition) is 2. The molecule has 1 aliphatic rings. The SMILES string of the molecule is CC(C)C(C)(CN)N1CCCCCC1. The monoisotopic (exact) mass is 198 g/mol. The largest absolute Gasteiger partial charge is 0.329 e. The fourth-order valence-electron chi connectivity index (χ4n) is 2.31. The van der Waals surface area contributed by atoms with E-state index in [-0.39, 0.29) is 5.54 Å². The van der Waals surface area contributed by atoms with Crippen molar-refractivity contribution in [3.05, 3.63) is 0 Å². The molecule has 1 rings (SSSR count). The molecule has 1 heterocycles. The third kappa shape index (κ3) is 2.48. The molecular weight excluding hydrogens is 172 g/mol. The van der Waals surface area contributed by atoms with Gasteiger partial charge in [-0.25, -0.2) is 0 Å². The van der Waals surface area contributed by atoms with Crippen molar-refractivity contribution in [3.63, 3.8) is 0 Å². The molecule has 2 N–H and O–H groups in total. The maximum Gasteiger partial charge on any atom is 0.0326 e. The number of likely N-dealkylation sites (tertiary alicyclic amines) is 1. The Balaban J connectivity index is 2.66. The third-order valence-corrected chi connectivity index (χ3v) is 3.99. The minimum absolute atomic E-state index is 0.213. The molecule has 1 unspecified atom stereocenters. The summed E-state index contributed by atoms with van der Waals surface area (Å²) < 4.78 is 0. The molecule has 1 aliphatic heterocycles. The minimum atomic E-state index is 0.213. The molecule has 84 valence electrons. The second-order valence-electron chi connectivity index (χ2n) is 5.12. The Morgan fingerprint density at radius 3 is 2.00 bits per heavy atom. The third-order valence-electron chi connectivity index (χ3n) is 3.99. The molecule has 0 aromatic carbocycles. The van der Waals surface area contributed by atoms with Crippen LogP contribution in [0.4, 0.5) is 0 Å². The van der Waals surface area contributed by atoms with E-state index in [1.54, 1.807) is 0 Å². The molecule has 2 nitrogen and oxygen atoms in total. The molecule has 14 heavy (non-hydrogen) atoms. The average molecular weight is 198 g/mol. The van der Waals surface area contributed by atoms with Gasteiger partial charge in [-0.15, -0.1) is 0 Å². The molecule has 0 amide bonds. The van der Waals surface area contributed by atoms with E-state index in [9.17, 15) is 0 Å². The van der Waals surface area contributed by atoms with Gasteiger partial charge in [-0.1, -0.05) is 26.7 Å². The molecule has 0 saturated carbocycles. The standard InChI is InChI=1S/C12H26N2/c1-11(2)12(3,10-13)14-8-6-4-5-7-9-14/h11H,4-10,13H2,1-3H3. The zero-order valence-corrected chi connectivity index (χ0v) is 10.1. The van der Waals surface area contributed by atoms with Gasteiger partial charge in [0, 0.05) is 12.1 Å². The van der Waals surface area contributed by atoms with E-state index in [4.69, 9.17) is 5.73 Å². The number of nitrogens with zero attached hydrogens (tertiary/aromatic N) is 1. The van der Waals surface area contributed by atoms with Crippen LogP contribution < -0.4 is 5.73 Å². The lowest BCUT2D eigenvalue weighted by molar-refractivity contribution is 0.0708. The number of nitrogens with two attached hydrogens (primary N) is 1. The van der Waals surface area contributed by atoms with Crippen molar-refractivity contribution in [1.29, 1.82) is 0 Å².